The minimum absolute atomic E-state index is 0.0432. The van der Waals surface area contributed by atoms with Gasteiger partial charge in [-0.05, 0) is 64.0 Å². The van der Waals surface area contributed by atoms with E-state index in [1.54, 1.807) is 11.0 Å². The Morgan fingerprint density at radius 2 is 1.42 bits per heavy atom. The zero-order valence-corrected chi connectivity index (χ0v) is 32.8. The van der Waals surface area contributed by atoms with Crippen LogP contribution in [0, 0.1) is 0 Å². The third-order valence-corrected chi connectivity index (χ3v) is 8.67. The molecule has 0 saturated heterocycles. The van der Waals surface area contributed by atoms with Crippen LogP contribution in [0.3, 0.4) is 0 Å². The molecular formula is C42H59N4O4+. The van der Waals surface area contributed by atoms with E-state index < -0.39 is 0 Å². The first-order chi connectivity index (χ1) is 22.9. The summed E-state index contributed by atoms with van der Waals surface area (Å²) in [5.74, 6) is 1.92. The van der Waals surface area contributed by atoms with Crippen LogP contribution in [0.15, 0.2) is 61.7 Å². The number of rotatable bonds is 2. The number of nitrogens with zero attached hydrogens (tertiary/aromatic N) is 3. The van der Waals surface area contributed by atoms with Crippen LogP contribution in [-0.2, 0) is 26.5 Å². The molecule has 50 heavy (non-hydrogen) atoms. The lowest BCUT2D eigenvalue weighted by Crippen LogP contribution is -2.69. The summed E-state index contributed by atoms with van der Waals surface area (Å²) in [5.41, 5.74) is 5.28. The van der Waals surface area contributed by atoms with E-state index in [9.17, 15) is 14.7 Å². The van der Waals surface area contributed by atoms with Gasteiger partial charge < -0.3 is 9.52 Å². The van der Waals surface area contributed by atoms with Crippen molar-refractivity contribution in [2.24, 2.45) is 9.98 Å². The van der Waals surface area contributed by atoms with E-state index in [0.29, 0.717) is 24.2 Å². The maximum absolute atomic E-state index is 12.4. The summed E-state index contributed by atoms with van der Waals surface area (Å²) in [6.45, 7) is 31.7. The Morgan fingerprint density at radius 1 is 0.840 bits per heavy atom. The van der Waals surface area contributed by atoms with Crippen molar-refractivity contribution in [2.45, 2.75) is 119 Å². The number of phenols is 1. The molecule has 3 aromatic rings. The molecule has 1 aromatic heterocycles. The summed E-state index contributed by atoms with van der Waals surface area (Å²) in [6, 6.07) is 11.7. The van der Waals surface area contributed by atoms with Crippen molar-refractivity contribution < 1.29 is 19.3 Å². The minimum Gasteiger partial charge on any atom is -0.507 e. The summed E-state index contributed by atoms with van der Waals surface area (Å²) in [7, 11) is 0. The van der Waals surface area contributed by atoms with Crippen LogP contribution in [0.5, 0.6) is 5.75 Å². The number of carbonyl (C=O) groups excluding carboxylic acids is 1. The first-order valence-corrected chi connectivity index (χ1v) is 17.5. The van der Waals surface area contributed by atoms with Gasteiger partial charge in [-0.1, -0.05) is 100 Å². The average molecular weight is 684 g/mol. The number of fused-ring (bicyclic) bond motifs is 1. The van der Waals surface area contributed by atoms with E-state index in [1.165, 1.54) is 17.7 Å². The molecule has 5 rings (SSSR count). The van der Waals surface area contributed by atoms with E-state index in [0.717, 1.165) is 40.3 Å². The predicted molar refractivity (Wildman–Crippen MR) is 209 cm³/mol. The predicted octanol–water partition coefficient (Wildman–Crippen LogP) is 7.22. The molecule has 0 atom stereocenters. The lowest BCUT2D eigenvalue weighted by Gasteiger charge is -2.27. The Balaban J connectivity index is 0.000000237. The number of aliphatic imine (C=N–C) groups is 2. The molecular weight excluding hydrogens is 624 g/mol. The molecule has 2 aliphatic rings. The lowest BCUT2D eigenvalue weighted by molar-refractivity contribution is -0.434. The summed E-state index contributed by atoms with van der Waals surface area (Å²) >= 11 is 0. The Morgan fingerprint density at radius 3 is 1.88 bits per heavy atom. The highest BCUT2D eigenvalue weighted by Gasteiger charge is 2.26. The van der Waals surface area contributed by atoms with Crippen molar-refractivity contribution in [3.8, 4) is 5.75 Å². The third-order valence-electron chi connectivity index (χ3n) is 8.67. The van der Waals surface area contributed by atoms with Crippen molar-refractivity contribution in [1.29, 1.82) is 0 Å². The van der Waals surface area contributed by atoms with Crippen LogP contribution in [-0.4, -0.2) is 53.4 Å². The number of phenolic OH excluding ortho intramolecular Hbond substituents is 1. The molecule has 0 aliphatic carbocycles. The number of nitrogens with one attached hydrogen (secondary N) is 1. The summed E-state index contributed by atoms with van der Waals surface area (Å²) in [6.07, 6.45) is 5.10. The quantitative estimate of drug-likeness (QED) is 0.220. The van der Waals surface area contributed by atoms with Gasteiger partial charge in [-0.3, -0.25) is 19.7 Å². The normalized spacial score (nSPS) is 15.0. The van der Waals surface area contributed by atoms with Crippen LogP contribution in [0.4, 0.5) is 0 Å². The topological polar surface area (TPSA) is 109 Å². The largest absolute Gasteiger partial charge is 0.507 e. The zero-order valence-electron chi connectivity index (χ0n) is 32.8. The molecule has 8 heteroatoms. The number of hydrogen-bond donors (Lipinski definition) is 2. The fraction of sp³-hybridized carbons (Fsp3) is 0.500. The van der Waals surface area contributed by atoms with E-state index in [1.807, 2.05) is 32.2 Å². The molecule has 2 aromatic carbocycles. The lowest BCUT2D eigenvalue weighted by atomic mass is 9.79. The van der Waals surface area contributed by atoms with Gasteiger partial charge in [0.05, 0.1) is 6.54 Å². The van der Waals surface area contributed by atoms with Gasteiger partial charge >= 0.3 is 5.63 Å². The monoisotopic (exact) mass is 683 g/mol. The standard InChI is InChI=1S/C21H30N2O2.C17H22O2.C4H6N2/c1-14-22-10-11-23(14)18(24)9-8-15-12-16(20(2,3)4)13-17(19(15)25)21(5,6)7;1-16(2,3)12-9-11-7-8-14(18)19-15(11)13(10-12)17(4,5)6;1-4-5-2-3-6-4/h8-9,12-13,25H,10-11H2,1-7H3;7-10H,1-6H3;2H,3H2,1H3/p+1/b9-8+;;. The van der Waals surface area contributed by atoms with E-state index >= 15 is 0 Å². The number of aromatic hydroxyl groups is 1. The second-order valence-electron chi connectivity index (χ2n) is 17.2. The fourth-order valence-corrected chi connectivity index (χ4v) is 5.46. The highest BCUT2D eigenvalue weighted by molar-refractivity contribution is 6.04. The van der Waals surface area contributed by atoms with Gasteiger partial charge in [0.1, 0.15) is 23.7 Å². The highest BCUT2D eigenvalue weighted by Crippen LogP contribution is 2.38. The second kappa shape index (κ2) is 15.3. The van der Waals surface area contributed by atoms with Gasteiger partial charge in [0.15, 0.2) is 6.21 Å². The fourth-order valence-electron chi connectivity index (χ4n) is 5.46. The molecule has 2 aliphatic heterocycles. The van der Waals surface area contributed by atoms with Crippen molar-refractivity contribution in [1.82, 2.24) is 4.90 Å². The van der Waals surface area contributed by atoms with Gasteiger partial charge in [-0.25, -0.2) is 4.79 Å². The summed E-state index contributed by atoms with van der Waals surface area (Å²) < 4.78 is 5.43. The van der Waals surface area contributed by atoms with Crippen molar-refractivity contribution in [3.05, 3.63) is 80.7 Å². The van der Waals surface area contributed by atoms with Crippen molar-refractivity contribution in [3.63, 3.8) is 0 Å². The maximum atomic E-state index is 12.4. The van der Waals surface area contributed by atoms with Gasteiger partial charge in [-0.2, -0.15) is 0 Å². The zero-order chi connectivity index (χ0) is 37.8. The Bertz CT molecular complexity index is 1880. The SMILES string of the molecule is CC(C)(C)c1cc(C(C)(C)C)c2oc(=O)ccc2c1.CC1=NCCN1C(=O)/C=C/c1cc(C(C)(C)C)cc(C(C)(C)C)c1O.CC1=[NH+]CC=N1. The van der Waals surface area contributed by atoms with Gasteiger partial charge in [0.2, 0.25) is 0 Å². The summed E-state index contributed by atoms with van der Waals surface area (Å²) in [5, 5.41) is 11.7. The van der Waals surface area contributed by atoms with E-state index in [2.05, 4.69) is 116 Å². The minimum atomic E-state index is -0.290. The van der Waals surface area contributed by atoms with E-state index in [4.69, 9.17) is 4.42 Å². The Labute approximate surface area is 299 Å². The van der Waals surface area contributed by atoms with Crippen molar-refractivity contribution >= 4 is 40.8 Å². The highest BCUT2D eigenvalue weighted by atomic mass is 16.4. The molecule has 270 valence electrons. The molecule has 8 nitrogen and oxygen atoms in total. The molecule has 2 N–H and O–H groups in total. The number of benzene rings is 2. The first-order valence-electron chi connectivity index (χ1n) is 17.5. The maximum Gasteiger partial charge on any atom is 0.336 e. The van der Waals surface area contributed by atoms with Gasteiger partial charge in [0.25, 0.3) is 11.7 Å². The first kappa shape index (κ1) is 40.1. The number of amides is 1. The number of carbonyl (C=O) groups is 1. The molecule has 0 spiro atoms. The van der Waals surface area contributed by atoms with Crippen LogP contribution in [0.25, 0.3) is 17.0 Å². The number of amidine groups is 2. The Kier molecular flexibility index (Phi) is 12.3. The Hall–Kier alpha value is -4.33. The average Bonchev–Trinajstić information content (AvgIpc) is 3.65. The molecule has 0 fully saturated rings. The molecule has 3 heterocycles. The van der Waals surface area contributed by atoms with Gasteiger partial charge in [-0.15, -0.1) is 0 Å². The summed E-state index contributed by atoms with van der Waals surface area (Å²) in [4.78, 5) is 36.7. The van der Waals surface area contributed by atoms with E-state index in [-0.39, 0.29) is 38.9 Å². The molecule has 0 saturated carbocycles. The molecule has 0 unspecified atom stereocenters. The van der Waals surface area contributed by atoms with Crippen LogP contribution < -0.4 is 10.6 Å². The molecule has 0 radical (unpaired) electrons. The smallest absolute Gasteiger partial charge is 0.336 e. The van der Waals surface area contributed by atoms with Crippen molar-refractivity contribution in [2.75, 3.05) is 19.6 Å². The number of hydrogen-bond acceptors (Lipinski definition) is 6. The van der Waals surface area contributed by atoms with Gasteiger partial charge in [0, 0.05) is 47.7 Å². The van der Waals surface area contributed by atoms with Crippen LogP contribution in [0.2, 0.25) is 0 Å². The second-order valence-corrected chi connectivity index (χ2v) is 17.2. The van der Waals surface area contributed by atoms with Crippen LogP contribution in [0.1, 0.15) is 125 Å². The third kappa shape index (κ3) is 10.6. The molecule has 1 amide bonds. The molecule has 0 bridgehead atoms. The van der Waals surface area contributed by atoms with Crippen LogP contribution >= 0.6 is 0 Å².